The summed E-state index contributed by atoms with van der Waals surface area (Å²) in [4.78, 5) is 22.2. The van der Waals surface area contributed by atoms with Crippen LogP contribution in [0.1, 0.15) is 58.8 Å². The lowest BCUT2D eigenvalue weighted by Gasteiger charge is -2.24. The maximum absolute atomic E-state index is 11.7. The molecule has 1 aliphatic carbocycles. The fraction of sp³-hybridized carbons (Fsp3) is 0.867. The largest absolute Gasteiger partial charge is 0.481 e. The van der Waals surface area contributed by atoms with Gasteiger partial charge in [-0.3, -0.25) is 9.59 Å². The zero-order chi connectivity index (χ0) is 15.0. The summed E-state index contributed by atoms with van der Waals surface area (Å²) in [5.41, 5.74) is -0.0510. The van der Waals surface area contributed by atoms with Crippen LogP contribution < -0.4 is 10.6 Å². The Morgan fingerprint density at radius 2 is 1.85 bits per heavy atom. The lowest BCUT2D eigenvalue weighted by atomic mass is 9.84. The Labute approximate surface area is 121 Å². The highest BCUT2D eigenvalue weighted by Gasteiger charge is 2.19. The van der Waals surface area contributed by atoms with E-state index in [-0.39, 0.29) is 17.7 Å². The van der Waals surface area contributed by atoms with Crippen molar-refractivity contribution < 1.29 is 14.7 Å². The maximum atomic E-state index is 11.7. The third-order valence-corrected chi connectivity index (χ3v) is 4.05. The van der Waals surface area contributed by atoms with E-state index in [9.17, 15) is 9.59 Å². The molecular weight excluding hydrogens is 256 g/mol. The van der Waals surface area contributed by atoms with E-state index in [1.54, 1.807) is 0 Å². The van der Waals surface area contributed by atoms with Gasteiger partial charge in [0.25, 0.3) is 0 Å². The van der Waals surface area contributed by atoms with E-state index in [1.165, 1.54) is 25.7 Å². The zero-order valence-electron chi connectivity index (χ0n) is 12.7. The summed E-state index contributed by atoms with van der Waals surface area (Å²) in [6.45, 7) is 5.08. The van der Waals surface area contributed by atoms with Crippen molar-refractivity contribution >= 4 is 11.9 Å². The van der Waals surface area contributed by atoms with Crippen molar-refractivity contribution in [1.29, 1.82) is 0 Å². The Kier molecular flexibility index (Phi) is 6.99. The van der Waals surface area contributed by atoms with Gasteiger partial charge in [0.2, 0.25) is 5.91 Å². The second-order valence-electron chi connectivity index (χ2n) is 6.52. The number of amides is 1. The molecule has 5 heteroatoms. The highest BCUT2D eigenvalue weighted by Crippen LogP contribution is 2.25. The molecule has 0 aromatic rings. The van der Waals surface area contributed by atoms with Gasteiger partial charge in [-0.05, 0) is 31.1 Å². The highest BCUT2D eigenvalue weighted by atomic mass is 16.4. The Morgan fingerprint density at radius 1 is 1.20 bits per heavy atom. The molecule has 0 heterocycles. The zero-order valence-corrected chi connectivity index (χ0v) is 12.7. The van der Waals surface area contributed by atoms with E-state index in [2.05, 4.69) is 10.6 Å². The van der Waals surface area contributed by atoms with Crippen LogP contribution in [-0.4, -0.2) is 36.1 Å². The third kappa shape index (κ3) is 7.48. The highest BCUT2D eigenvalue weighted by molar-refractivity contribution is 5.77. The molecule has 0 aromatic carbocycles. The summed E-state index contributed by atoms with van der Waals surface area (Å²) in [7, 11) is 0. The topological polar surface area (TPSA) is 78.4 Å². The summed E-state index contributed by atoms with van der Waals surface area (Å²) in [5.74, 6) is -0.728. The molecule has 116 valence electrons. The maximum Gasteiger partial charge on any atom is 0.303 e. The van der Waals surface area contributed by atoms with Crippen LogP contribution in [0.4, 0.5) is 0 Å². The summed E-state index contributed by atoms with van der Waals surface area (Å²) < 4.78 is 0. The first-order valence-corrected chi connectivity index (χ1v) is 7.61. The molecule has 3 N–H and O–H groups in total. The Balaban J connectivity index is 2.09. The molecule has 0 aromatic heterocycles. The molecule has 1 rings (SSSR count). The Bertz CT molecular complexity index is 323. The summed E-state index contributed by atoms with van der Waals surface area (Å²) in [6.07, 6.45) is 6.50. The van der Waals surface area contributed by atoms with Gasteiger partial charge in [0.05, 0.1) is 6.54 Å². The van der Waals surface area contributed by atoms with Gasteiger partial charge in [0, 0.05) is 19.0 Å². The van der Waals surface area contributed by atoms with E-state index < -0.39 is 5.97 Å². The summed E-state index contributed by atoms with van der Waals surface area (Å²) in [5, 5.41) is 14.9. The van der Waals surface area contributed by atoms with Crippen LogP contribution in [0.15, 0.2) is 0 Å². The summed E-state index contributed by atoms with van der Waals surface area (Å²) >= 11 is 0. The predicted molar refractivity (Wildman–Crippen MR) is 78.5 cm³/mol. The van der Waals surface area contributed by atoms with Crippen LogP contribution in [0.2, 0.25) is 0 Å². The molecule has 1 amide bonds. The molecule has 0 radical (unpaired) electrons. The van der Waals surface area contributed by atoms with Gasteiger partial charge in [-0.25, -0.2) is 0 Å². The van der Waals surface area contributed by atoms with Gasteiger partial charge in [0.1, 0.15) is 0 Å². The van der Waals surface area contributed by atoms with Crippen LogP contribution in [0, 0.1) is 5.41 Å². The van der Waals surface area contributed by atoms with E-state index in [0.717, 1.165) is 6.42 Å². The molecule has 1 aliphatic rings. The van der Waals surface area contributed by atoms with E-state index in [4.69, 9.17) is 5.11 Å². The first kappa shape index (κ1) is 17.0. The SMILES string of the molecule is CC(C)(CCNC(=O)CNC1CCCC1)CCC(=O)O. The molecule has 5 nitrogen and oxygen atoms in total. The molecular formula is C15H28N2O3. The van der Waals surface area contributed by atoms with Crippen LogP contribution in [0.5, 0.6) is 0 Å². The first-order valence-electron chi connectivity index (χ1n) is 7.61. The molecule has 0 saturated heterocycles. The number of aliphatic carboxylic acids is 1. The minimum absolute atomic E-state index is 0.0333. The lowest BCUT2D eigenvalue weighted by Crippen LogP contribution is -2.39. The molecule has 20 heavy (non-hydrogen) atoms. The summed E-state index contributed by atoms with van der Waals surface area (Å²) in [6, 6.07) is 0.507. The number of rotatable bonds is 9. The standard InChI is InChI=1S/C15H28N2O3/c1-15(2,8-7-14(19)20)9-10-16-13(18)11-17-12-5-3-4-6-12/h12,17H,3-11H2,1-2H3,(H,16,18)(H,19,20). The van der Waals surface area contributed by atoms with Crippen LogP contribution >= 0.6 is 0 Å². The van der Waals surface area contributed by atoms with Crippen LogP contribution in [-0.2, 0) is 9.59 Å². The third-order valence-electron chi connectivity index (χ3n) is 4.05. The molecule has 0 unspecified atom stereocenters. The first-order chi connectivity index (χ1) is 9.39. The van der Waals surface area contributed by atoms with Crippen molar-refractivity contribution in [3.05, 3.63) is 0 Å². The van der Waals surface area contributed by atoms with Gasteiger partial charge in [-0.1, -0.05) is 26.7 Å². The van der Waals surface area contributed by atoms with E-state index in [1.807, 2.05) is 13.8 Å². The molecule has 1 fully saturated rings. The lowest BCUT2D eigenvalue weighted by molar-refractivity contribution is -0.137. The fourth-order valence-electron chi connectivity index (χ4n) is 2.54. The molecule has 0 atom stereocenters. The van der Waals surface area contributed by atoms with E-state index >= 15 is 0 Å². The average Bonchev–Trinajstić information content (AvgIpc) is 2.87. The fourth-order valence-corrected chi connectivity index (χ4v) is 2.54. The van der Waals surface area contributed by atoms with Gasteiger partial charge < -0.3 is 15.7 Å². The number of carboxylic acids is 1. The second kappa shape index (κ2) is 8.25. The minimum atomic E-state index is -0.761. The van der Waals surface area contributed by atoms with Crippen molar-refractivity contribution in [3.8, 4) is 0 Å². The van der Waals surface area contributed by atoms with Crippen LogP contribution in [0.25, 0.3) is 0 Å². The number of hydrogen-bond acceptors (Lipinski definition) is 3. The number of nitrogens with one attached hydrogen (secondary N) is 2. The number of hydrogen-bond donors (Lipinski definition) is 3. The molecule has 0 bridgehead atoms. The van der Waals surface area contributed by atoms with Crippen LogP contribution in [0.3, 0.4) is 0 Å². The average molecular weight is 284 g/mol. The minimum Gasteiger partial charge on any atom is -0.481 e. The predicted octanol–water partition coefficient (Wildman–Crippen LogP) is 1.92. The number of carbonyl (C=O) groups is 2. The number of carboxylic acid groups (broad SMARTS) is 1. The van der Waals surface area contributed by atoms with Gasteiger partial charge >= 0.3 is 5.97 Å². The van der Waals surface area contributed by atoms with Crippen molar-refractivity contribution in [1.82, 2.24) is 10.6 Å². The van der Waals surface area contributed by atoms with Crippen molar-refractivity contribution in [2.24, 2.45) is 5.41 Å². The Morgan fingerprint density at radius 3 is 2.45 bits per heavy atom. The van der Waals surface area contributed by atoms with Gasteiger partial charge in [-0.15, -0.1) is 0 Å². The van der Waals surface area contributed by atoms with Crippen molar-refractivity contribution in [3.63, 3.8) is 0 Å². The molecule has 0 spiro atoms. The normalized spacial score (nSPS) is 16.3. The van der Waals surface area contributed by atoms with Gasteiger partial charge in [0.15, 0.2) is 0 Å². The van der Waals surface area contributed by atoms with E-state index in [0.29, 0.717) is 25.6 Å². The molecule has 1 saturated carbocycles. The van der Waals surface area contributed by atoms with Crippen molar-refractivity contribution in [2.75, 3.05) is 13.1 Å². The number of carbonyl (C=O) groups excluding carboxylic acids is 1. The smallest absolute Gasteiger partial charge is 0.303 e. The second-order valence-corrected chi connectivity index (χ2v) is 6.52. The quantitative estimate of drug-likeness (QED) is 0.604. The molecule has 0 aliphatic heterocycles. The van der Waals surface area contributed by atoms with Crippen molar-refractivity contribution in [2.45, 2.75) is 64.8 Å². The van der Waals surface area contributed by atoms with Gasteiger partial charge in [-0.2, -0.15) is 0 Å². The Hall–Kier alpha value is -1.10. The monoisotopic (exact) mass is 284 g/mol.